The van der Waals surface area contributed by atoms with Crippen molar-refractivity contribution >= 4 is 28.5 Å². The Hall–Kier alpha value is -1.52. The number of amides is 1. The molecule has 1 heterocycles. The van der Waals surface area contributed by atoms with Crippen molar-refractivity contribution in [1.82, 2.24) is 5.32 Å². The van der Waals surface area contributed by atoms with Gasteiger partial charge >= 0.3 is 0 Å². The average molecular weight is 324 g/mol. The number of halogens is 1. The molecule has 2 aromatic rings. The zero-order chi connectivity index (χ0) is 15.9. The summed E-state index contributed by atoms with van der Waals surface area (Å²) in [7, 11) is 0. The van der Waals surface area contributed by atoms with Gasteiger partial charge in [-0.25, -0.2) is 0 Å². The van der Waals surface area contributed by atoms with Gasteiger partial charge in [-0.1, -0.05) is 37.1 Å². The molecule has 0 saturated heterocycles. The summed E-state index contributed by atoms with van der Waals surface area (Å²) in [5, 5.41) is 4.25. The summed E-state index contributed by atoms with van der Waals surface area (Å²) in [5.41, 5.74) is 1.38. The van der Waals surface area contributed by atoms with E-state index in [-0.39, 0.29) is 5.91 Å². The van der Waals surface area contributed by atoms with E-state index >= 15 is 0 Å². The standard InChI is InChI=1S/C17H22ClNO3/c1-3-4-10-21-11-6-9-19-17(20)15-12(2)13-7-5-8-14(18)16(13)22-15/h5,7-8H,3-4,6,9-11H2,1-2H3,(H,19,20). The summed E-state index contributed by atoms with van der Waals surface area (Å²) < 4.78 is 11.1. The lowest BCUT2D eigenvalue weighted by Crippen LogP contribution is -2.25. The highest BCUT2D eigenvalue weighted by Crippen LogP contribution is 2.30. The van der Waals surface area contributed by atoms with Crippen LogP contribution in [0.2, 0.25) is 5.02 Å². The normalized spacial score (nSPS) is 11.0. The molecule has 1 aromatic carbocycles. The van der Waals surface area contributed by atoms with Crippen molar-refractivity contribution in [2.75, 3.05) is 19.8 Å². The molecular weight excluding hydrogens is 302 g/mol. The molecule has 1 amide bonds. The van der Waals surface area contributed by atoms with Crippen molar-refractivity contribution in [3.63, 3.8) is 0 Å². The van der Waals surface area contributed by atoms with E-state index in [1.807, 2.05) is 19.1 Å². The highest BCUT2D eigenvalue weighted by atomic mass is 35.5. The van der Waals surface area contributed by atoms with Crippen molar-refractivity contribution in [2.24, 2.45) is 0 Å². The fourth-order valence-corrected chi connectivity index (χ4v) is 2.44. The number of nitrogens with one attached hydrogen (secondary N) is 1. The van der Waals surface area contributed by atoms with Crippen LogP contribution in [0.4, 0.5) is 0 Å². The van der Waals surface area contributed by atoms with Crippen molar-refractivity contribution in [3.8, 4) is 0 Å². The molecule has 0 unspecified atom stereocenters. The van der Waals surface area contributed by atoms with Gasteiger partial charge in [0.15, 0.2) is 11.3 Å². The van der Waals surface area contributed by atoms with E-state index in [0.29, 0.717) is 29.5 Å². The molecule has 0 fully saturated rings. The Kier molecular flexibility index (Phi) is 6.28. The van der Waals surface area contributed by atoms with Gasteiger partial charge in [0, 0.05) is 30.7 Å². The summed E-state index contributed by atoms with van der Waals surface area (Å²) in [5.74, 6) is 0.119. The van der Waals surface area contributed by atoms with Crippen molar-refractivity contribution in [3.05, 3.63) is 34.5 Å². The number of aryl methyl sites for hydroxylation is 1. The van der Waals surface area contributed by atoms with Gasteiger partial charge in [-0.15, -0.1) is 0 Å². The van der Waals surface area contributed by atoms with E-state index in [4.69, 9.17) is 20.8 Å². The van der Waals surface area contributed by atoms with Gasteiger partial charge in [-0.2, -0.15) is 0 Å². The molecular formula is C17H22ClNO3. The summed E-state index contributed by atoms with van der Waals surface area (Å²) in [6.45, 7) is 6.00. The number of fused-ring (bicyclic) bond motifs is 1. The summed E-state index contributed by atoms with van der Waals surface area (Å²) in [6, 6.07) is 5.50. The number of ether oxygens (including phenoxy) is 1. The van der Waals surface area contributed by atoms with Crippen LogP contribution in [0.3, 0.4) is 0 Å². The van der Waals surface area contributed by atoms with Crippen LogP contribution in [0.1, 0.15) is 42.3 Å². The van der Waals surface area contributed by atoms with Crippen LogP contribution in [0.5, 0.6) is 0 Å². The van der Waals surface area contributed by atoms with Crippen molar-refractivity contribution < 1.29 is 13.9 Å². The number of para-hydroxylation sites is 1. The molecule has 0 saturated carbocycles. The minimum Gasteiger partial charge on any atom is -0.449 e. The number of hydrogen-bond donors (Lipinski definition) is 1. The predicted octanol–water partition coefficient (Wildman–Crippen LogP) is 4.33. The summed E-state index contributed by atoms with van der Waals surface area (Å²) in [6.07, 6.45) is 2.99. The molecule has 0 bridgehead atoms. The van der Waals surface area contributed by atoms with Crippen LogP contribution in [0.25, 0.3) is 11.0 Å². The Morgan fingerprint density at radius 1 is 1.32 bits per heavy atom. The highest BCUT2D eigenvalue weighted by Gasteiger charge is 2.18. The second-order valence-electron chi connectivity index (χ2n) is 5.25. The van der Waals surface area contributed by atoms with Gasteiger partial charge in [0.25, 0.3) is 5.91 Å². The molecule has 0 radical (unpaired) electrons. The number of carbonyl (C=O) groups is 1. The third-order valence-electron chi connectivity index (χ3n) is 3.52. The van der Waals surface area contributed by atoms with E-state index in [9.17, 15) is 4.79 Å². The van der Waals surface area contributed by atoms with Crippen molar-refractivity contribution in [1.29, 1.82) is 0 Å². The molecule has 2 rings (SSSR count). The second kappa shape index (κ2) is 8.20. The predicted molar refractivity (Wildman–Crippen MR) is 88.6 cm³/mol. The van der Waals surface area contributed by atoms with Gasteiger partial charge in [0.1, 0.15) is 0 Å². The molecule has 1 aromatic heterocycles. The van der Waals surface area contributed by atoms with Crippen LogP contribution >= 0.6 is 11.6 Å². The molecule has 0 aliphatic heterocycles. The first-order valence-electron chi connectivity index (χ1n) is 7.68. The highest BCUT2D eigenvalue weighted by molar-refractivity contribution is 6.35. The first kappa shape index (κ1) is 16.8. The molecule has 0 aliphatic carbocycles. The number of hydrogen-bond acceptors (Lipinski definition) is 3. The summed E-state index contributed by atoms with van der Waals surface area (Å²) >= 11 is 6.09. The third kappa shape index (κ3) is 4.02. The molecule has 4 nitrogen and oxygen atoms in total. The van der Waals surface area contributed by atoms with Gasteiger partial charge in [-0.05, 0) is 25.8 Å². The maximum Gasteiger partial charge on any atom is 0.287 e. The SMILES string of the molecule is CCCCOCCCNC(=O)c1oc2c(Cl)cccc2c1C. The lowest BCUT2D eigenvalue weighted by atomic mass is 10.1. The van der Waals surface area contributed by atoms with E-state index in [1.54, 1.807) is 6.07 Å². The minimum absolute atomic E-state index is 0.210. The first-order valence-corrected chi connectivity index (χ1v) is 8.06. The zero-order valence-electron chi connectivity index (χ0n) is 13.1. The molecule has 0 spiro atoms. The number of furan rings is 1. The topological polar surface area (TPSA) is 51.5 Å². The third-order valence-corrected chi connectivity index (χ3v) is 3.81. The number of carbonyl (C=O) groups excluding carboxylic acids is 1. The Balaban J connectivity index is 1.88. The van der Waals surface area contributed by atoms with Crippen LogP contribution < -0.4 is 5.32 Å². The van der Waals surface area contributed by atoms with Crippen LogP contribution in [-0.2, 0) is 4.74 Å². The molecule has 22 heavy (non-hydrogen) atoms. The zero-order valence-corrected chi connectivity index (χ0v) is 13.8. The fourth-order valence-electron chi connectivity index (χ4n) is 2.23. The van der Waals surface area contributed by atoms with Crippen molar-refractivity contribution in [2.45, 2.75) is 33.1 Å². The van der Waals surface area contributed by atoms with Crippen LogP contribution in [0, 0.1) is 6.92 Å². The van der Waals surface area contributed by atoms with E-state index < -0.39 is 0 Å². The average Bonchev–Trinajstić information content (AvgIpc) is 2.85. The lowest BCUT2D eigenvalue weighted by molar-refractivity contribution is 0.0914. The molecule has 5 heteroatoms. The number of benzene rings is 1. The largest absolute Gasteiger partial charge is 0.449 e. The maximum absolute atomic E-state index is 12.2. The van der Waals surface area contributed by atoms with Crippen LogP contribution in [-0.4, -0.2) is 25.7 Å². The van der Waals surface area contributed by atoms with Crippen LogP contribution in [0.15, 0.2) is 22.6 Å². The monoisotopic (exact) mass is 323 g/mol. The molecule has 1 N–H and O–H groups in total. The number of rotatable bonds is 8. The first-order chi connectivity index (χ1) is 10.6. The number of unbranched alkanes of at least 4 members (excludes halogenated alkanes) is 1. The Morgan fingerprint density at radius 3 is 2.82 bits per heavy atom. The van der Waals surface area contributed by atoms with E-state index in [0.717, 1.165) is 36.8 Å². The second-order valence-corrected chi connectivity index (χ2v) is 5.66. The van der Waals surface area contributed by atoms with Gasteiger partial charge in [-0.3, -0.25) is 4.79 Å². The fraction of sp³-hybridized carbons (Fsp3) is 0.471. The Labute approximate surface area is 135 Å². The van der Waals surface area contributed by atoms with Gasteiger partial charge in [0.05, 0.1) is 5.02 Å². The molecule has 0 atom stereocenters. The smallest absolute Gasteiger partial charge is 0.287 e. The Bertz CT molecular complexity index is 636. The summed E-state index contributed by atoms with van der Waals surface area (Å²) in [4.78, 5) is 12.2. The molecule has 0 aliphatic rings. The van der Waals surface area contributed by atoms with E-state index in [1.165, 1.54) is 0 Å². The molecule has 120 valence electrons. The minimum atomic E-state index is -0.210. The Morgan fingerprint density at radius 2 is 2.09 bits per heavy atom. The van der Waals surface area contributed by atoms with E-state index in [2.05, 4.69) is 12.2 Å². The quantitative estimate of drug-likeness (QED) is 0.735. The van der Waals surface area contributed by atoms with Gasteiger partial charge in [0.2, 0.25) is 0 Å². The lowest BCUT2D eigenvalue weighted by Gasteiger charge is -2.05. The van der Waals surface area contributed by atoms with Gasteiger partial charge < -0.3 is 14.5 Å². The maximum atomic E-state index is 12.2.